The SMILES string of the molecule is O=C(NN=Cc1cc2c(cc1Cl)OCO2)C(=Cc1cccs1)NC(=O)c1ccccc1Cl. The molecule has 0 bridgehead atoms. The van der Waals surface area contributed by atoms with Gasteiger partial charge in [0.1, 0.15) is 5.70 Å². The first-order chi connectivity index (χ1) is 15.5. The molecule has 2 N–H and O–H groups in total. The Bertz CT molecular complexity index is 1230. The van der Waals surface area contributed by atoms with E-state index in [-0.39, 0.29) is 23.1 Å². The van der Waals surface area contributed by atoms with E-state index in [1.807, 2.05) is 17.5 Å². The fraction of sp³-hybridized carbons (Fsp3) is 0.0455. The van der Waals surface area contributed by atoms with Crippen molar-refractivity contribution in [3.05, 3.63) is 85.7 Å². The van der Waals surface area contributed by atoms with Crippen molar-refractivity contribution in [1.29, 1.82) is 0 Å². The van der Waals surface area contributed by atoms with Gasteiger partial charge >= 0.3 is 0 Å². The molecule has 1 aliphatic rings. The maximum atomic E-state index is 12.8. The van der Waals surface area contributed by atoms with Crippen molar-refractivity contribution in [3.8, 4) is 11.5 Å². The standard InChI is InChI=1S/C22H15Cl2N3O4S/c23-16-6-2-1-5-15(16)21(28)26-18(9-14-4-3-7-32-14)22(29)27-25-11-13-8-19-20(10-17(13)24)31-12-30-19/h1-11H,12H2,(H,26,28)(H,27,29). The summed E-state index contributed by atoms with van der Waals surface area (Å²) in [7, 11) is 0. The highest BCUT2D eigenvalue weighted by atomic mass is 35.5. The third-order valence-corrected chi connectivity index (χ3v) is 5.78. The Labute approximate surface area is 197 Å². The Morgan fingerprint density at radius 3 is 2.56 bits per heavy atom. The number of hydrogen-bond acceptors (Lipinski definition) is 6. The van der Waals surface area contributed by atoms with E-state index in [1.54, 1.807) is 42.5 Å². The summed E-state index contributed by atoms with van der Waals surface area (Å²) in [5.74, 6) is -0.0598. The van der Waals surface area contributed by atoms with E-state index in [9.17, 15) is 9.59 Å². The largest absolute Gasteiger partial charge is 0.454 e. The number of amides is 2. The summed E-state index contributed by atoms with van der Waals surface area (Å²) in [6.07, 6.45) is 2.93. The minimum Gasteiger partial charge on any atom is -0.454 e. The smallest absolute Gasteiger partial charge is 0.287 e. The number of benzene rings is 2. The van der Waals surface area contributed by atoms with E-state index in [0.717, 1.165) is 4.88 Å². The van der Waals surface area contributed by atoms with E-state index in [2.05, 4.69) is 15.8 Å². The average molecular weight is 488 g/mol. The van der Waals surface area contributed by atoms with Gasteiger partial charge in [0.05, 0.1) is 21.8 Å². The Kier molecular flexibility index (Phi) is 6.75. The van der Waals surface area contributed by atoms with Crippen LogP contribution in [0, 0.1) is 0 Å². The Hall–Kier alpha value is -3.33. The monoisotopic (exact) mass is 487 g/mol. The van der Waals surface area contributed by atoms with E-state index in [1.165, 1.54) is 17.6 Å². The highest BCUT2D eigenvalue weighted by Crippen LogP contribution is 2.36. The van der Waals surface area contributed by atoms with Crippen LogP contribution in [0.2, 0.25) is 10.0 Å². The predicted octanol–water partition coefficient (Wildman–Crippen LogP) is 4.70. The number of nitrogens with one attached hydrogen (secondary N) is 2. The number of hydrazone groups is 1. The third kappa shape index (κ3) is 5.11. The van der Waals surface area contributed by atoms with Gasteiger partial charge in [0, 0.05) is 16.5 Å². The molecule has 3 aromatic rings. The third-order valence-electron chi connectivity index (χ3n) is 4.30. The molecular weight excluding hydrogens is 473 g/mol. The quantitative estimate of drug-likeness (QED) is 0.299. The number of hydrogen-bond donors (Lipinski definition) is 2. The molecule has 1 aliphatic heterocycles. The van der Waals surface area contributed by atoms with Crippen LogP contribution in [0.15, 0.2) is 64.7 Å². The minimum atomic E-state index is -0.619. The molecule has 2 heterocycles. The molecule has 10 heteroatoms. The summed E-state index contributed by atoms with van der Waals surface area (Å²) >= 11 is 13.7. The number of ether oxygens (including phenoxy) is 2. The van der Waals surface area contributed by atoms with E-state index in [4.69, 9.17) is 32.7 Å². The fourth-order valence-corrected chi connectivity index (χ4v) is 3.84. The van der Waals surface area contributed by atoms with Crippen LogP contribution in [-0.4, -0.2) is 24.8 Å². The summed E-state index contributed by atoms with van der Waals surface area (Å²) < 4.78 is 10.6. The molecule has 2 amide bonds. The molecule has 0 saturated heterocycles. The number of halogens is 2. The molecule has 7 nitrogen and oxygen atoms in total. The maximum absolute atomic E-state index is 12.8. The lowest BCUT2D eigenvalue weighted by atomic mass is 10.2. The second-order valence-corrected chi connectivity index (χ2v) is 8.23. The van der Waals surface area contributed by atoms with Crippen molar-refractivity contribution < 1.29 is 19.1 Å². The van der Waals surface area contributed by atoms with E-state index < -0.39 is 11.8 Å². The minimum absolute atomic E-state index is 0.00584. The predicted molar refractivity (Wildman–Crippen MR) is 125 cm³/mol. The number of nitrogens with zero attached hydrogens (tertiary/aromatic N) is 1. The summed E-state index contributed by atoms with van der Waals surface area (Å²) in [5, 5.41) is 9.07. The number of thiophene rings is 1. The van der Waals surface area contributed by atoms with Crippen molar-refractivity contribution in [3.63, 3.8) is 0 Å². The van der Waals surface area contributed by atoms with Crippen LogP contribution >= 0.6 is 34.5 Å². The highest BCUT2D eigenvalue weighted by molar-refractivity contribution is 7.10. The normalized spacial score (nSPS) is 12.8. The van der Waals surface area contributed by atoms with Crippen molar-refractivity contribution in [1.82, 2.24) is 10.7 Å². The first kappa shape index (κ1) is 21.9. The zero-order valence-corrected chi connectivity index (χ0v) is 18.6. The molecule has 2 aromatic carbocycles. The maximum Gasteiger partial charge on any atom is 0.287 e. The first-order valence-corrected chi connectivity index (χ1v) is 10.9. The lowest BCUT2D eigenvalue weighted by Crippen LogP contribution is -2.33. The molecule has 4 rings (SSSR count). The summed E-state index contributed by atoms with van der Waals surface area (Å²) in [6.45, 7) is 0.116. The van der Waals surface area contributed by atoms with Crippen molar-refractivity contribution in [2.45, 2.75) is 0 Å². The Morgan fingerprint density at radius 1 is 1.03 bits per heavy atom. The number of carbonyl (C=O) groups excluding carboxylic acids is 2. The van der Waals surface area contributed by atoms with Gasteiger partial charge in [-0.1, -0.05) is 41.4 Å². The van der Waals surface area contributed by atoms with E-state index in [0.29, 0.717) is 22.1 Å². The Balaban J connectivity index is 1.51. The number of carbonyl (C=O) groups is 2. The lowest BCUT2D eigenvalue weighted by Gasteiger charge is -2.09. The molecule has 0 unspecified atom stereocenters. The van der Waals surface area contributed by atoms with Crippen molar-refractivity contribution in [2.75, 3.05) is 6.79 Å². The molecular formula is C22H15Cl2N3O4S. The molecule has 32 heavy (non-hydrogen) atoms. The van der Waals surface area contributed by atoms with Gasteiger partial charge < -0.3 is 14.8 Å². The van der Waals surface area contributed by atoms with Crippen LogP contribution in [0.1, 0.15) is 20.8 Å². The van der Waals surface area contributed by atoms with Gasteiger partial charge in [-0.25, -0.2) is 5.43 Å². The highest BCUT2D eigenvalue weighted by Gasteiger charge is 2.18. The van der Waals surface area contributed by atoms with Crippen molar-refractivity contribution >= 4 is 58.6 Å². The molecule has 162 valence electrons. The Morgan fingerprint density at radius 2 is 1.81 bits per heavy atom. The molecule has 0 aliphatic carbocycles. The van der Waals surface area contributed by atoms with Crippen LogP contribution in [0.25, 0.3) is 6.08 Å². The number of rotatable bonds is 6. The molecule has 1 aromatic heterocycles. The van der Waals surface area contributed by atoms with Crippen LogP contribution in [-0.2, 0) is 4.79 Å². The molecule has 0 fully saturated rings. The van der Waals surface area contributed by atoms with Crippen molar-refractivity contribution in [2.24, 2.45) is 5.10 Å². The summed E-state index contributed by atoms with van der Waals surface area (Å²) in [6, 6.07) is 13.5. The topological polar surface area (TPSA) is 89.0 Å². The second kappa shape index (κ2) is 9.86. The van der Waals surface area contributed by atoms with Crippen LogP contribution in [0.5, 0.6) is 11.5 Å². The van der Waals surface area contributed by atoms with Gasteiger partial charge in [-0.3, -0.25) is 9.59 Å². The van der Waals surface area contributed by atoms with Gasteiger partial charge in [0.2, 0.25) is 6.79 Å². The zero-order chi connectivity index (χ0) is 22.5. The first-order valence-electron chi connectivity index (χ1n) is 9.25. The van der Waals surface area contributed by atoms with Crippen LogP contribution in [0.3, 0.4) is 0 Å². The van der Waals surface area contributed by atoms with Gasteiger partial charge in [-0.2, -0.15) is 5.10 Å². The number of fused-ring (bicyclic) bond motifs is 1. The molecule has 0 atom stereocenters. The van der Waals surface area contributed by atoms with Gasteiger partial charge in [0.15, 0.2) is 11.5 Å². The molecule has 0 spiro atoms. The fourth-order valence-electron chi connectivity index (χ4n) is 2.76. The van der Waals surface area contributed by atoms with Crippen LogP contribution in [0.4, 0.5) is 0 Å². The summed E-state index contributed by atoms with van der Waals surface area (Å²) in [4.78, 5) is 26.2. The van der Waals surface area contributed by atoms with Gasteiger partial charge in [0.25, 0.3) is 11.8 Å². The zero-order valence-electron chi connectivity index (χ0n) is 16.3. The summed E-state index contributed by atoms with van der Waals surface area (Å²) in [5.41, 5.74) is 3.18. The molecule has 0 saturated carbocycles. The average Bonchev–Trinajstić information content (AvgIpc) is 3.45. The second-order valence-electron chi connectivity index (χ2n) is 6.43. The van der Waals surface area contributed by atoms with E-state index >= 15 is 0 Å². The lowest BCUT2D eigenvalue weighted by molar-refractivity contribution is -0.117. The molecule has 0 radical (unpaired) electrons. The van der Waals surface area contributed by atoms with Gasteiger partial charge in [-0.15, -0.1) is 11.3 Å². The van der Waals surface area contributed by atoms with Gasteiger partial charge in [-0.05, 0) is 35.7 Å². The van der Waals surface area contributed by atoms with Crippen LogP contribution < -0.4 is 20.2 Å².